The van der Waals surface area contributed by atoms with Crippen molar-refractivity contribution in [3.8, 4) is 0 Å². The number of ether oxygens (including phenoxy) is 1. The van der Waals surface area contributed by atoms with Crippen LogP contribution >= 0.6 is 0 Å². The number of carbonyl (C=O) groups excluding carboxylic acids is 1. The molecule has 0 atom stereocenters. The van der Waals surface area contributed by atoms with Gasteiger partial charge in [-0.15, -0.1) is 0 Å². The van der Waals surface area contributed by atoms with E-state index in [1.54, 1.807) is 6.20 Å². The number of anilines is 1. The van der Waals surface area contributed by atoms with Crippen molar-refractivity contribution in [2.75, 3.05) is 11.9 Å². The van der Waals surface area contributed by atoms with Gasteiger partial charge in [-0.2, -0.15) is 5.10 Å². The highest BCUT2D eigenvalue weighted by atomic mass is 16.5. The number of rotatable bonds is 6. The maximum Gasteiger partial charge on any atom is 0.225 e. The fourth-order valence-electron chi connectivity index (χ4n) is 2.35. The lowest BCUT2D eigenvalue weighted by Gasteiger charge is -2.34. The van der Waals surface area contributed by atoms with E-state index in [-0.39, 0.29) is 5.91 Å². The van der Waals surface area contributed by atoms with E-state index in [0.29, 0.717) is 18.4 Å². The zero-order valence-corrected chi connectivity index (χ0v) is 11.0. The molecule has 1 aromatic heterocycles. The van der Waals surface area contributed by atoms with Gasteiger partial charge in [0, 0.05) is 18.6 Å². The van der Waals surface area contributed by atoms with Crippen LogP contribution in [0.4, 0.5) is 5.82 Å². The van der Waals surface area contributed by atoms with Crippen molar-refractivity contribution in [1.29, 1.82) is 0 Å². The Hall–Kier alpha value is -1.36. The smallest absolute Gasteiger partial charge is 0.225 e. The number of nitrogens with one attached hydrogen (secondary N) is 2. The first kappa shape index (κ1) is 13.1. The molecule has 0 bridgehead atoms. The maximum absolute atomic E-state index is 11.8. The molecule has 0 unspecified atom stereocenters. The Morgan fingerprint density at radius 3 is 3.00 bits per heavy atom. The highest BCUT2D eigenvalue weighted by molar-refractivity contribution is 5.90. The molecule has 1 aliphatic carbocycles. The van der Waals surface area contributed by atoms with Gasteiger partial charge in [0.05, 0.1) is 12.3 Å². The molecule has 18 heavy (non-hydrogen) atoms. The van der Waals surface area contributed by atoms with E-state index in [2.05, 4.69) is 15.5 Å². The number of aryl methyl sites for hydroxylation is 1. The summed E-state index contributed by atoms with van der Waals surface area (Å²) in [6, 6.07) is 0. The summed E-state index contributed by atoms with van der Waals surface area (Å²) in [4.78, 5) is 11.8. The average molecular weight is 251 g/mol. The standard InChI is InChI=1S/C13H21N3O2/c1-3-10-8-14-16-13(10)15-12(17)7-9-5-11(6-9)18-4-2/h8-9,11H,3-7H2,1-2H3,(H2,14,15,16,17). The molecule has 5 heteroatoms. The minimum atomic E-state index is 0.0638. The first-order chi connectivity index (χ1) is 8.72. The molecule has 0 aromatic carbocycles. The van der Waals surface area contributed by atoms with Crippen molar-refractivity contribution in [3.63, 3.8) is 0 Å². The fourth-order valence-corrected chi connectivity index (χ4v) is 2.35. The van der Waals surface area contributed by atoms with Crippen molar-refractivity contribution in [3.05, 3.63) is 11.8 Å². The molecule has 5 nitrogen and oxygen atoms in total. The van der Waals surface area contributed by atoms with Gasteiger partial charge in [0.25, 0.3) is 0 Å². The molecule has 0 spiro atoms. The summed E-state index contributed by atoms with van der Waals surface area (Å²) in [6.07, 6.45) is 5.57. The number of hydrogen-bond donors (Lipinski definition) is 2. The predicted octanol–water partition coefficient (Wildman–Crippen LogP) is 2.12. The Kier molecular flexibility index (Phi) is 4.36. The van der Waals surface area contributed by atoms with Crippen LogP contribution in [-0.4, -0.2) is 28.8 Å². The quantitative estimate of drug-likeness (QED) is 0.813. The average Bonchev–Trinajstić information content (AvgIpc) is 2.73. The van der Waals surface area contributed by atoms with Crippen LogP contribution in [0.3, 0.4) is 0 Å². The van der Waals surface area contributed by atoms with Crippen LogP contribution in [-0.2, 0) is 16.0 Å². The Morgan fingerprint density at radius 1 is 1.56 bits per heavy atom. The zero-order valence-electron chi connectivity index (χ0n) is 11.0. The fraction of sp³-hybridized carbons (Fsp3) is 0.692. The van der Waals surface area contributed by atoms with E-state index in [0.717, 1.165) is 37.3 Å². The van der Waals surface area contributed by atoms with E-state index in [9.17, 15) is 4.79 Å². The van der Waals surface area contributed by atoms with Crippen LogP contribution in [0.1, 0.15) is 38.7 Å². The molecule has 0 radical (unpaired) electrons. The van der Waals surface area contributed by atoms with Crippen LogP contribution in [0.5, 0.6) is 0 Å². The van der Waals surface area contributed by atoms with Gasteiger partial charge in [0.1, 0.15) is 5.82 Å². The Labute approximate surface area is 107 Å². The number of aromatic amines is 1. The molecule has 1 fully saturated rings. The largest absolute Gasteiger partial charge is 0.378 e. The predicted molar refractivity (Wildman–Crippen MR) is 69.4 cm³/mol. The minimum absolute atomic E-state index is 0.0638. The molecule has 100 valence electrons. The third-order valence-electron chi connectivity index (χ3n) is 3.43. The van der Waals surface area contributed by atoms with E-state index in [4.69, 9.17) is 4.74 Å². The molecule has 1 saturated carbocycles. The maximum atomic E-state index is 11.8. The van der Waals surface area contributed by atoms with E-state index >= 15 is 0 Å². The molecule has 1 aliphatic rings. The second-order valence-corrected chi connectivity index (χ2v) is 4.79. The lowest BCUT2D eigenvalue weighted by molar-refractivity contribution is -0.119. The molecule has 2 N–H and O–H groups in total. The number of hydrogen-bond acceptors (Lipinski definition) is 3. The summed E-state index contributed by atoms with van der Waals surface area (Å²) in [6.45, 7) is 4.81. The lowest BCUT2D eigenvalue weighted by atomic mass is 9.80. The second kappa shape index (κ2) is 6.00. The highest BCUT2D eigenvalue weighted by Gasteiger charge is 2.31. The molecule has 2 rings (SSSR count). The monoisotopic (exact) mass is 251 g/mol. The van der Waals surface area contributed by atoms with Crippen molar-refractivity contribution in [2.45, 2.75) is 45.6 Å². The molecular formula is C13H21N3O2. The van der Waals surface area contributed by atoms with Gasteiger partial charge >= 0.3 is 0 Å². The first-order valence-electron chi connectivity index (χ1n) is 6.66. The number of carbonyl (C=O) groups is 1. The molecule has 1 aromatic rings. The third-order valence-corrected chi connectivity index (χ3v) is 3.43. The Bertz CT molecular complexity index is 397. The van der Waals surface area contributed by atoms with Crippen LogP contribution < -0.4 is 5.32 Å². The zero-order chi connectivity index (χ0) is 13.0. The van der Waals surface area contributed by atoms with Crippen LogP contribution in [0.25, 0.3) is 0 Å². The van der Waals surface area contributed by atoms with Gasteiger partial charge in [-0.25, -0.2) is 0 Å². The summed E-state index contributed by atoms with van der Waals surface area (Å²) in [5.74, 6) is 1.27. The van der Waals surface area contributed by atoms with Crippen molar-refractivity contribution in [2.24, 2.45) is 5.92 Å². The van der Waals surface area contributed by atoms with Crippen molar-refractivity contribution in [1.82, 2.24) is 10.2 Å². The second-order valence-electron chi connectivity index (χ2n) is 4.79. The number of amides is 1. The molecule has 0 aliphatic heterocycles. The van der Waals surface area contributed by atoms with Gasteiger partial charge in [0.2, 0.25) is 5.91 Å². The van der Waals surface area contributed by atoms with Gasteiger partial charge < -0.3 is 10.1 Å². The lowest BCUT2D eigenvalue weighted by Crippen LogP contribution is -2.34. The Morgan fingerprint density at radius 2 is 2.33 bits per heavy atom. The van der Waals surface area contributed by atoms with Crippen LogP contribution in [0, 0.1) is 5.92 Å². The summed E-state index contributed by atoms with van der Waals surface area (Å²) < 4.78 is 5.48. The van der Waals surface area contributed by atoms with Crippen molar-refractivity contribution < 1.29 is 9.53 Å². The minimum Gasteiger partial charge on any atom is -0.378 e. The van der Waals surface area contributed by atoms with E-state index in [1.807, 2.05) is 13.8 Å². The summed E-state index contributed by atoms with van der Waals surface area (Å²) in [5, 5.41) is 9.64. The highest BCUT2D eigenvalue weighted by Crippen LogP contribution is 2.32. The van der Waals surface area contributed by atoms with Gasteiger partial charge in [0.15, 0.2) is 0 Å². The number of aromatic nitrogens is 2. The number of H-pyrrole nitrogens is 1. The molecular weight excluding hydrogens is 230 g/mol. The molecule has 1 heterocycles. The molecule has 0 saturated heterocycles. The molecule has 1 amide bonds. The van der Waals surface area contributed by atoms with Crippen LogP contribution in [0.15, 0.2) is 6.20 Å². The first-order valence-corrected chi connectivity index (χ1v) is 6.66. The van der Waals surface area contributed by atoms with Crippen molar-refractivity contribution >= 4 is 11.7 Å². The topological polar surface area (TPSA) is 67.0 Å². The number of nitrogens with zero attached hydrogens (tertiary/aromatic N) is 1. The van der Waals surface area contributed by atoms with Gasteiger partial charge in [-0.05, 0) is 32.1 Å². The van der Waals surface area contributed by atoms with E-state index in [1.165, 1.54) is 0 Å². The SMILES string of the molecule is CCOC1CC(CC(=O)Nc2[nH]ncc2CC)C1. The Balaban J connectivity index is 1.73. The third kappa shape index (κ3) is 3.10. The summed E-state index contributed by atoms with van der Waals surface area (Å²) in [7, 11) is 0. The normalized spacial score (nSPS) is 22.6. The van der Waals surface area contributed by atoms with Gasteiger partial charge in [-0.3, -0.25) is 9.89 Å². The van der Waals surface area contributed by atoms with Gasteiger partial charge in [-0.1, -0.05) is 6.92 Å². The summed E-state index contributed by atoms with van der Waals surface area (Å²) >= 11 is 0. The van der Waals surface area contributed by atoms with Crippen LogP contribution in [0.2, 0.25) is 0 Å². The summed E-state index contributed by atoms with van der Waals surface area (Å²) in [5.41, 5.74) is 1.05. The van der Waals surface area contributed by atoms with E-state index < -0.39 is 0 Å².